The summed E-state index contributed by atoms with van der Waals surface area (Å²) >= 11 is 0. The molecule has 1 fully saturated rings. The smallest absolute Gasteiger partial charge is 0.0537 e. The van der Waals surface area contributed by atoms with Crippen molar-refractivity contribution < 1.29 is 0 Å². The van der Waals surface area contributed by atoms with Gasteiger partial charge in [-0.25, -0.2) is 0 Å². The lowest BCUT2D eigenvalue weighted by Crippen LogP contribution is -2.28. The van der Waals surface area contributed by atoms with Crippen LogP contribution in [0.3, 0.4) is 0 Å². The highest BCUT2D eigenvalue weighted by Crippen LogP contribution is 2.41. The fraction of sp³-hybridized carbons (Fsp3) is 0.800. The van der Waals surface area contributed by atoms with Gasteiger partial charge in [0, 0.05) is 24.3 Å². The number of nitrogens with zero attached hydrogens (tertiary/aromatic N) is 2. The van der Waals surface area contributed by atoms with Crippen molar-refractivity contribution in [1.82, 2.24) is 9.78 Å². The van der Waals surface area contributed by atoms with Gasteiger partial charge in [0.2, 0.25) is 0 Å². The number of aryl methyl sites for hydroxylation is 1. The summed E-state index contributed by atoms with van der Waals surface area (Å²) in [5, 5.41) is 4.39. The van der Waals surface area contributed by atoms with Crippen LogP contribution in [-0.4, -0.2) is 9.78 Å². The Labute approximate surface area is 111 Å². The molecule has 0 bridgehead atoms. The van der Waals surface area contributed by atoms with Crippen LogP contribution in [0.1, 0.15) is 64.5 Å². The van der Waals surface area contributed by atoms with E-state index >= 15 is 0 Å². The molecule has 2 rings (SSSR count). The van der Waals surface area contributed by atoms with E-state index in [0.717, 1.165) is 13.0 Å². The number of hydrogen-bond acceptors (Lipinski definition) is 2. The van der Waals surface area contributed by atoms with Crippen LogP contribution >= 0.6 is 0 Å². The summed E-state index contributed by atoms with van der Waals surface area (Å²) < 4.78 is 2.02. The quantitative estimate of drug-likeness (QED) is 0.887. The topological polar surface area (TPSA) is 43.8 Å². The molecule has 1 heterocycles. The van der Waals surface area contributed by atoms with Crippen molar-refractivity contribution in [2.75, 3.05) is 0 Å². The van der Waals surface area contributed by atoms with E-state index in [0.29, 0.717) is 11.3 Å². The molecular weight excluding hydrogens is 222 g/mol. The molecule has 1 aromatic rings. The molecule has 0 aromatic carbocycles. The summed E-state index contributed by atoms with van der Waals surface area (Å²) in [5.41, 5.74) is 8.15. The van der Waals surface area contributed by atoms with Crippen molar-refractivity contribution in [3.05, 3.63) is 18.0 Å². The van der Waals surface area contributed by atoms with Gasteiger partial charge in [-0.15, -0.1) is 0 Å². The van der Waals surface area contributed by atoms with Crippen LogP contribution in [0.2, 0.25) is 0 Å². The van der Waals surface area contributed by atoms with Crippen LogP contribution in [0.5, 0.6) is 0 Å². The maximum Gasteiger partial charge on any atom is 0.0537 e. The van der Waals surface area contributed by atoms with Crippen molar-refractivity contribution in [1.29, 1.82) is 0 Å². The second-order valence-corrected chi connectivity index (χ2v) is 6.56. The average molecular weight is 249 g/mol. The first-order chi connectivity index (χ1) is 8.52. The summed E-state index contributed by atoms with van der Waals surface area (Å²) in [6.45, 7) is 7.90. The Morgan fingerprint density at radius 1 is 1.44 bits per heavy atom. The lowest BCUT2D eigenvalue weighted by Gasteiger charge is -2.36. The molecule has 102 valence electrons. The summed E-state index contributed by atoms with van der Waals surface area (Å²) in [7, 11) is 0. The lowest BCUT2D eigenvalue weighted by molar-refractivity contribution is 0.173. The molecule has 1 atom stereocenters. The fourth-order valence-corrected chi connectivity index (χ4v) is 2.96. The number of hydrogen-bond donors (Lipinski definition) is 1. The minimum absolute atomic E-state index is 0.173. The van der Waals surface area contributed by atoms with Gasteiger partial charge in [-0.1, -0.05) is 20.8 Å². The second-order valence-electron chi connectivity index (χ2n) is 6.56. The molecule has 0 aliphatic heterocycles. The van der Waals surface area contributed by atoms with Gasteiger partial charge in [0.05, 0.1) is 6.20 Å². The van der Waals surface area contributed by atoms with Crippen molar-refractivity contribution in [2.24, 2.45) is 17.1 Å². The highest BCUT2D eigenvalue weighted by atomic mass is 15.3. The normalized spacial score (nSPS) is 22.0. The maximum atomic E-state index is 6.41. The minimum Gasteiger partial charge on any atom is -0.324 e. The van der Waals surface area contributed by atoms with Gasteiger partial charge < -0.3 is 5.73 Å². The van der Waals surface area contributed by atoms with Crippen LogP contribution < -0.4 is 5.73 Å². The average Bonchev–Trinajstić information content (AvgIpc) is 2.77. The highest BCUT2D eigenvalue weighted by Gasteiger charge is 2.30. The largest absolute Gasteiger partial charge is 0.324 e. The van der Waals surface area contributed by atoms with E-state index in [1.165, 1.54) is 31.2 Å². The van der Waals surface area contributed by atoms with E-state index in [1.54, 1.807) is 0 Å². The molecule has 1 aromatic heterocycles. The summed E-state index contributed by atoms with van der Waals surface area (Å²) in [6.07, 6.45) is 10.3. The van der Waals surface area contributed by atoms with Gasteiger partial charge in [0.25, 0.3) is 0 Å². The first kappa shape index (κ1) is 13.6. The first-order valence-electron chi connectivity index (χ1n) is 7.30. The molecule has 0 amide bonds. The van der Waals surface area contributed by atoms with Crippen LogP contribution in [0.15, 0.2) is 12.4 Å². The highest BCUT2D eigenvalue weighted by molar-refractivity contribution is 5.11. The number of aromatic nitrogens is 2. The predicted molar refractivity (Wildman–Crippen MR) is 75.2 cm³/mol. The Morgan fingerprint density at radius 2 is 2.11 bits per heavy atom. The fourth-order valence-electron chi connectivity index (χ4n) is 2.96. The molecule has 3 heteroatoms. The second kappa shape index (κ2) is 5.43. The first-order valence-corrected chi connectivity index (χ1v) is 7.30. The molecule has 3 nitrogen and oxygen atoms in total. The van der Waals surface area contributed by atoms with Crippen molar-refractivity contribution in [2.45, 2.75) is 65.5 Å². The molecule has 1 aliphatic carbocycles. The SMILES string of the molecule is CCCn1cc(C(N)C2CCC(C)(C)CC2)cn1. The van der Waals surface area contributed by atoms with E-state index in [2.05, 4.69) is 32.1 Å². The zero-order chi connectivity index (χ0) is 13.2. The third kappa shape index (κ3) is 3.14. The van der Waals surface area contributed by atoms with Crippen LogP contribution in [-0.2, 0) is 6.54 Å². The number of rotatable bonds is 4. The van der Waals surface area contributed by atoms with Crippen molar-refractivity contribution in [3.8, 4) is 0 Å². The van der Waals surface area contributed by atoms with Gasteiger partial charge in [0.15, 0.2) is 0 Å². The monoisotopic (exact) mass is 249 g/mol. The van der Waals surface area contributed by atoms with Gasteiger partial charge in [0.1, 0.15) is 0 Å². The molecule has 18 heavy (non-hydrogen) atoms. The molecular formula is C15H27N3. The standard InChI is InChI=1S/C15H27N3/c1-4-9-18-11-13(10-17-18)14(16)12-5-7-15(2,3)8-6-12/h10-12,14H,4-9,16H2,1-3H3. The third-order valence-corrected chi connectivity index (χ3v) is 4.38. The third-order valence-electron chi connectivity index (χ3n) is 4.38. The van der Waals surface area contributed by atoms with Gasteiger partial charge >= 0.3 is 0 Å². The van der Waals surface area contributed by atoms with E-state index in [1.807, 2.05) is 10.9 Å². The van der Waals surface area contributed by atoms with Crippen molar-refractivity contribution >= 4 is 0 Å². The Hall–Kier alpha value is -0.830. The zero-order valence-electron chi connectivity index (χ0n) is 12.0. The lowest BCUT2D eigenvalue weighted by atomic mass is 9.70. The molecule has 1 unspecified atom stereocenters. The summed E-state index contributed by atoms with van der Waals surface area (Å²) in [6, 6.07) is 0.173. The van der Waals surface area contributed by atoms with Crippen LogP contribution in [0.25, 0.3) is 0 Å². The molecule has 1 aliphatic rings. The van der Waals surface area contributed by atoms with E-state index < -0.39 is 0 Å². The molecule has 1 saturated carbocycles. The molecule has 0 radical (unpaired) electrons. The zero-order valence-corrected chi connectivity index (χ0v) is 12.0. The summed E-state index contributed by atoms with van der Waals surface area (Å²) in [4.78, 5) is 0. The number of nitrogens with two attached hydrogens (primary N) is 1. The Kier molecular flexibility index (Phi) is 4.10. The maximum absolute atomic E-state index is 6.41. The van der Waals surface area contributed by atoms with Crippen LogP contribution in [0.4, 0.5) is 0 Å². The summed E-state index contributed by atoms with van der Waals surface area (Å²) in [5.74, 6) is 0.636. The van der Waals surface area contributed by atoms with E-state index in [-0.39, 0.29) is 6.04 Å². The Balaban J connectivity index is 1.96. The Morgan fingerprint density at radius 3 is 2.72 bits per heavy atom. The molecule has 0 spiro atoms. The van der Waals surface area contributed by atoms with E-state index in [9.17, 15) is 0 Å². The van der Waals surface area contributed by atoms with Crippen molar-refractivity contribution in [3.63, 3.8) is 0 Å². The van der Waals surface area contributed by atoms with Gasteiger partial charge in [-0.3, -0.25) is 4.68 Å². The van der Waals surface area contributed by atoms with Gasteiger partial charge in [-0.05, 0) is 43.4 Å². The predicted octanol–water partition coefficient (Wildman–Crippen LogP) is 3.51. The molecule has 0 saturated heterocycles. The Bertz CT molecular complexity index is 371. The molecule has 2 N–H and O–H groups in total. The van der Waals surface area contributed by atoms with E-state index in [4.69, 9.17) is 5.73 Å². The van der Waals surface area contributed by atoms with Gasteiger partial charge in [-0.2, -0.15) is 5.10 Å². The minimum atomic E-state index is 0.173. The van der Waals surface area contributed by atoms with Crippen LogP contribution in [0, 0.1) is 11.3 Å².